The molecular formula is C19H33N3O3. The number of nitrogens with zero attached hydrogens (tertiary/aromatic N) is 2. The molecule has 0 aromatic carbocycles. The van der Waals surface area contributed by atoms with Crippen LogP contribution in [0.25, 0.3) is 0 Å². The summed E-state index contributed by atoms with van der Waals surface area (Å²) in [5.74, 6) is 1.06. The summed E-state index contributed by atoms with van der Waals surface area (Å²) in [6.07, 6.45) is 3.55. The van der Waals surface area contributed by atoms with Crippen LogP contribution >= 0.6 is 0 Å². The molecule has 3 amide bonds. The highest BCUT2D eigenvalue weighted by Gasteiger charge is 2.27. The standard InChI is InChI=1S/C19H33N3O3/c1-13(2)17(21(6)18(24)9-20-12-23)8-16(5)19(25)22-10-14(3)7-15(4)11-22/h8,12-15,17H,7,9-11H2,1-6H3,(H,20,23)/t14?,15?,17-/m1/s1. The van der Waals surface area contributed by atoms with Gasteiger partial charge in [0.25, 0.3) is 0 Å². The summed E-state index contributed by atoms with van der Waals surface area (Å²) in [5, 5.41) is 2.39. The van der Waals surface area contributed by atoms with E-state index in [9.17, 15) is 14.4 Å². The lowest BCUT2D eigenvalue weighted by Crippen LogP contribution is -2.45. The second-order valence-corrected chi connectivity index (χ2v) is 7.74. The minimum absolute atomic E-state index is 0.0365. The van der Waals surface area contributed by atoms with Crippen molar-refractivity contribution >= 4 is 18.2 Å². The summed E-state index contributed by atoms with van der Waals surface area (Å²) >= 11 is 0. The third-order valence-electron chi connectivity index (χ3n) is 4.77. The van der Waals surface area contributed by atoms with Crippen LogP contribution in [-0.4, -0.2) is 60.7 Å². The van der Waals surface area contributed by atoms with Gasteiger partial charge in [-0.25, -0.2) is 0 Å². The van der Waals surface area contributed by atoms with E-state index in [1.807, 2.05) is 31.7 Å². The summed E-state index contributed by atoms with van der Waals surface area (Å²) in [7, 11) is 1.71. The van der Waals surface area contributed by atoms with Crippen molar-refractivity contribution in [3.05, 3.63) is 11.6 Å². The molecule has 1 saturated heterocycles. The predicted octanol–water partition coefficient (Wildman–Crippen LogP) is 1.67. The normalized spacial score (nSPS) is 22.5. The molecule has 0 saturated carbocycles. The summed E-state index contributed by atoms with van der Waals surface area (Å²) in [5.41, 5.74) is 0.669. The van der Waals surface area contributed by atoms with E-state index in [0.717, 1.165) is 19.5 Å². The highest BCUT2D eigenvalue weighted by Crippen LogP contribution is 2.23. The first-order chi connectivity index (χ1) is 11.7. The van der Waals surface area contributed by atoms with Crippen molar-refractivity contribution in [2.45, 2.75) is 47.1 Å². The highest BCUT2D eigenvalue weighted by molar-refractivity contribution is 5.93. The highest BCUT2D eigenvalue weighted by atomic mass is 16.2. The Labute approximate surface area is 151 Å². The Balaban J connectivity index is 2.87. The lowest BCUT2D eigenvalue weighted by atomic mass is 9.91. The van der Waals surface area contributed by atoms with Gasteiger partial charge in [-0.1, -0.05) is 33.8 Å². The van der Waals surface area contributed by atoms with E-state index in [4.69, 9.17) is 0 Å². The second-order valence-electron chi connectivity index (χ2n) is 7.74. The minimum Gasteiger partial charge on any atom is -0.350 e. The van der Waals surface area contributed by atoms with Gasteiger partial charge in [-0.2, -0.15) is 0 Å². The van der Waals surface area contributed by atoms with Gasteiger partial charge in [0.2, 0.25) is 18.2 Å². The van der Waals surface area contributed by atoms with Crippen LogP contribution in [0, 0.1) is 17.8 Å². The lowest BCUT2D eigenvalue weighted by molar-refractivity contribution is -0.132. The molecule has 1 N–H and O–H groups in total. The first-order valence-electron chi connectivity index (χ1n) is 9.07. The molecule has 0 aliphatic carbocycles. The first-order valence-corrected chi connectivity index (χ1v) is 9.07. The fourth-order valence-electron chi connectivity index (χ4n) is 3.58. The third-order valence-corrected chi connectivity index (χ3v) is 4.77. The molecule has 0 spiro atoms. The minimum atomic E-state index is -0.190. The maximum Gasteiger partial charge on any atom is 0.249 e. The van der Waals surface area contributed by atoms with E-state index in [1.54, 1.807) is 11.9 Å². The summed E-state index contributed by atoms with van der Waals surface area (Å²) < 4.78 is 0. The molecule has 3 atom stereocenters. The SMILES string of the molecule is CC(=C[C@H](C(C)C)N(C)C(=O)CNC=O)C(=O)N1CC(C)CC(C)C1. The predicted molar refractivity (Wildman–Crippen MR) is 98.7 cm³/mol. The summed E-state index contributed by atoms with van der Waals surface area (Å²) in [6.45, 7) is 11.8. The fourth-order valence-corrected chi connectivity index (χ4v) is 3.58. The van der Waals surface area contributed by atoms with Gasteiger partial charge in [0, 0.05) is 25.7 Å². The third kappa shape index (κ3) is 6.18. The van der Waals surface area contributed by atoms with Crippen molar-refractivity contribution < 1.29 is 14.4 Å². The molecule has 1 aliphatic rings. The zero-order valence-corrected chi connectivity index (χ0v) is 16.4. The molecular weight excluding hydrogens is 318 g/mol. The van der Waals surface area contributed by atoms with Crippen LogP contribution in [0.3, 0.4) is 0 Å². The van der Waals surface area contributed by atoms with E-state index in [0.29, 0.717) is 23.8 Å². The summed E-state index contributed by atoms with van der Waals surface area (Å²) in [6, 6.07) is -0.190. The number of hydrogen-bond acceptors (Lipinski definition) is 3. The molecule has 1 rings (SSSR count). The maximum atomic E-state index is 12.8. The average molecular weight is 351 g/mol. The Morgan fingerprint density at radius 3 is 2.28 bits per heavy atom. The number of likely N-dealkylation sites (tertiary alicyclic amines) is 1. The molecule has 142 valence electrons. The Hall–Kier alpha value is -1.85. The van der Waals surface area contributed by atoms with Gasteiger partial charge in [-0.15, -0.1) is 0 Å². The van der Waals surface area contributed by atoms with Crippen LogP contribution in [0.1, 0.15) is 41.0 Å². The Morgan fingerprint density at radius 2 is 1.80 bits per heavy atom. The van der Waals surface area contributed by atoms with Crippen molar-refractivity contribution in [1.82, 2.24) is 15.1 Å². The van der Waals surface area contributed by atoms with Gasteiger partial charge in [0.15, 0.2) is 0 Å². The Morgan fingerprint density at radius 1 is 1.24 bits per heavy atom. The van der Waals surface area contributed by atoms with Crippen LogP contribution in [0.15, 0.2) is 11.6 Å². The fraction of sp³-hybridized carbons (Fsp3) is 0.737. The van der Waals surface area contributed by atoms with Crippen molar-refractivity contribution in [3.8, 4) is 0 Å². The molecule has 0 aromatic rings. The van der Waals surface area contributed by atoms with Crippen LogP contribution in [-0.2, 0) is 14.4 Å². The van der Waals surface area contributed by atoms with Crippen LogP contribution in [0.2, 0.25) is 0 Å². The van der Waals surface area contributed by atoms with Gasteiger partial charge in [0.1, 0.15) is 0 Å². The molecule has 1 fully saturated rings. The number of likely N-dealkylation sites (N-methyl/N-ethyl adjacent to an activating group) is 1. The number of rotatable bonds is 7. The first kappa shape index (κ1) is 21.2. The second kappa shape index (κ2) is 9.59. The van der Waals surface area contributed by atoms with Crippen LogP contribution in [0.5, 0.6) is 0 Å². The van der Waals surface area contributed by atoms with Gasteiger partial charge in [0.05, 0.1) is 12.6 Å². The van der Waals surface area contributed by atoms with Crippen LogP contribution < -0.4 is 5.32 Å². The number of hydrogen-bond donors (Lipinski definition) is 1. The lowest BCUT2D eigenvalue weighted by Gasteiger charge is -2.36. The molecule has 25 heavy (non-hydrogen) atoms. The Bertz CT molecular complexity index is 506. The smallest absolute Gasteiger partial charge is 0.249 e. The Kier molecular flexibility index (Phi) is 8.13. The number of piperidine rings is 1. The maximum absolute atomic E-state index is 12.8. The van der Waals surface area contributed by atoms with Gasteiger partial charge >= 0.3 is 0 Å². The van der Waals surface area contributed by atoms with Gasteiger partial charge in [-0.05, 0) is 31.1 Å². The van der Waals surface area contributed by atoms with Crippen molar-refractivity contribution in [2.75, 3.05) is 26.7 Å². The molecule has 1 heterocycles. The molecule has 2 unspecified atom stereocenters. The molecule has 0 radical (unpaired) electrons. The average Bonchev–Trinajstić information content (AvgIpc) is 2.54. The molecule has 0 aromatic heterocycles. The van der Waals surface area contributed by atoms with Crippen molar-refractivity contribution in [3.63, 3.8) is 0 Å². The van der Waals surface area contributed by atoms with Gasteiger partial charge < -0.3 is 15.1 Å². The largest absolute Gasteiger partial charge is 0.350 e. The van der Waals surface area contributed by atoms with E-state index < -0.39 is 0 Å². The quantitative estimate of drug-likeness (QED) is 0.560. The van der Waals surface area contributed by atoms with E-state index in [1.165, 1.54) is 0 Å². The van der Waals surface area contributed by atoms with Gasteiger partial charge in [-0.3, -0.25) is 14.4 Å². The van der Waals surface area contributed by atoms with Crippen molar-refractivity contribution in [1.29, 1.82) is 0 Å². The molecule has 0 bridgehead atoms. The zero-order valence-electron chi connectivity index (χ0n) is 16.4. The van der Waals surface area contributed by atoms with Crippen molar-refractivity contribution in [2.24, 2.45) is 17.8 Å². The van der Waals surface area contributed by atoms with E-state index in [-0.39, 0.29) is 30.3 Å². The molecule has 6 heteroatoms. The number of nitrogens with one attached hydrogen (secondary N) is 1. The summed E-state index contributed by atoms with van der Waals surface area (Å²) in [4.78, 5) is 38.9. The van der Waals surface area contributed by atoms with E-state index in [2.05, 4.69) is 19.2 Å². The number of carbonyl (C=O) groups excluding carboxylic acids is 3. The number of amides is 3. The zero-order chi connectivity index (χ0) is 19.1. The topological polar surface area (TPSA) is 69.7 Å². The van der Waals surface area contributed by atoms with E-state index >= 15 is 0 Å². The molecule has 1 aliphatic heterocycles. The molecule has 6 nitrogen and oxygen atoms in total. The monoisotopic (exact) mass is 351 g/mol. The van der Waals surface area contributed by atoms with Crippen LogP contribution in [0.4, 0.5) is 0 Å². The number of carbonyl (C=O) groups is 3.